The number of hydrogen-bond acceptors (Lipinski definition) is 4. The predicted molar refractivity (Wildman–Crippen MR) is 83.5 cm³/mol. The van der Waals surface area contributed by atoms with E-state index in [2.05, 4.69) is 9.89 Å². The summed E-state index contributed by atoms with van der Waals surface area (Å²) in [5.74, 6) is 0.136. The molecular formula is C16H14ClF2NO3. The van der Waals surface area contributed by atoms with Crippen LogP contribution in [-0.2, 0) is 11.4 Å². The molecule has 0 saturated heterocycles. The molecule has 2 aromatic rings. The lowest BCUT2D eigenvalue weighted by Crippen LogP contribution is -2.03. The van der Waals surface area contributed by atoms with Crippen LogP contribution in [0.5, 0.6) is 11.5 Å². The quantitative estimate of drug-likeness (QED) is 0.550. The number of ether oxygens (including phenoxy) is 2. The van der Waals surface area contributed by atoms with Gasteiger partial charge in [0.1, 0.15) is 6.61 Å². The summed E-state index contributed by atoms with van der Waals surface area (Å²) in [6.45, 7) is -2.69. The van der Waals surface area contributed by atoms with E-state index in [9.17, 15) is 8.78 Å². The van der Waals surface area contributed by atoms with Gasteiger partial charge < -0.3 is 14.3 Å². The van der Waals surface area contributed by atoms with Gasteiger partial charge in [0, 0.05) is 16.1 Å². The fourth-order valence-electron chi connectivity index (χ4n) is 1.78. The maximum atomic E-state index is 12.2. The molecule has 0 aliphatic heterocycles. The Bertz CT molecular complexity index is 680. The van der Waals surface area contributed by atoms with Gasteiger partial charge in [-0.3, -0.25) is 0 Å². The zero-order chi connectivity index (χ0) is 16.7. The van der Waals surface area contributed by atoms with Gasteiger partial charge in [-0.05, 0) is 24.3 Å². The summed E-state index contributed by atoms with van der Waals surface area (Å²) >= 11 is 6.00. The Morgan fingerprint density at radius 3 is 2.65 bits per heavy atom. The first kappa shape index (κ1) is 17.0. The van der Waals surface area contributed by atoms with Crippen molar-refractivity contribution in [2.24, 2.45) is 5.16 Å². The number of oxime groups is 1. The molecule has 0 aliphatic carbocycles. The van der Waals surface area contributed by atoms with Crippen LogP contribution in [0.25, 0.3) is 0 Å². The average molecular weight is 342 g/mol. The van der Waals surface area contributed by atoms with E-state index in [1.807, 2.05) is 18.2 Å². The molecule has 122 valence electrons. The molecule has 4 nitrogen and oxygen atoms in total. The minimum Gasteiger partial charge on any atom is -0.493 e. The number of benzene rings is 2. The summed E-state index contributed by atoms with van der Waals surface area (Å²) in [4.78, 5) is 5.17. The van der Waals surface area contributed by atoms with Crippen LogP contribution in [0.1, 0.15) is 11.1 Å². The maximum Gasteiger partial charge on any atom is 0.387 e. The van der Waals surface area contributed by atoms with Crippen molar-refractivity contribution in [1.29, 1.82) is 0 Å². The highest BCUT2D eigenvalue weighted by Crippen LogP contribution is 2.28. The van der Waals surface area contributed by atoms with Crippen LogP contribution in [0.2, 0.25) is 5.02 Å². The van der Waals surface area contributed by atoms with E-state index in [1.54, 1.807) is 12.1 Å². The van der Waals surface area contributed by atoms with Crippen LogP contribution in [0.4, 0.5) is 8.78 Å². The number of hydrogen-bond donors (Lipinski definition) is 0. The largest absolute Gasteiger partial charge is 0.493 e. The Morgan fingerprint density at radius 1 is 1.17 bits per heavy atom. The molecule has 7 heteroatoms. The predicted octanol–water partition coefficient (Wildman–Crippen LogP) is 4.50. The normalized spacial score (nSPS) is 11.0. The van der Waals surface area contributed by atoms with E-state index in [0.29, 0.717) is 10.6 Å². The van der Waals surface area contributed by atoms with Crippen LogP contribution in [0, 0.1) is 0 Å². The summed E-state index contributed by atoms with van der Waals surface area (Å²) in [6, 6.07) is 11.7. The Balaban J connectivity index is 1.98. The number of nitrogens with zero attached hydrogens (tertiary/aromatic N) is 1. The third kappa shape index (κ3) is 5.10. The van der Waals surface area contributed by atoms with E-state index in [1.165, 1.54) is 25.5 Å². The third-order valence-corrected chi connectivity index (χ3v) is 3.23. The molecular weight excluding hydrogens is 328 g/mol. The summed E-state index contributed by atoms with van der Waals surface area (Å²) in [5, 5.41) is 4.41. The second-order valence-corrected chi connectivity index (χ2v) is 4.80. The smallest absolute Gasteiger partial charge is 0.387 e. The molecule has 23 heavy (non-hydrogen) atoms. The highest BCUT2D eigenvalue weighted by Gasteiger charge is 2.10. The van der Waals surface area contributed by atoms with Crippen LogP contribution < -0.4 is 9.47 Å². The summed E-state index contributed by atoms with van der Waals surface area (Å²) in [6.07, 6.45) is 1.44. The van der Waals surface area contributed by atoms with Crippen LogP contribution >= 0.6 is 11.6 Å². The van der Waals surface area contributed by atoms with Gasteiger partial charge in [0.2, 0.25) is 0 Å². The SMILES string of the molecule is COc1cc(/C=N/OCc2ccccc2Cl)ccc1OC(F)F. The van der Waals surface area contributed by atoms with Crippen LogP contribution in [-0.4, -0.2) is 19.9 Å². The first-order valence-electron chi connectivity index (χ1n) is 6.61. The molecule has 0 amide bonds. The minimum atomic E-state index is -2.91. The molecule has 0 fully saturated rings. The molecule has 0 N–H and O–H groups in total. The standard InChI is InChI=1S/C16H14ClF2NO3/c1-21-15-8-11(6-7-14(15)23-16(18)19)9-20-22-10-12-4-2-3-5-13(12)17/h2-9,16H,10H2,1H3/b20-9+. The molecule has 0 spiro atoms. The molecule has 2 rings (SSSR count). The number of rotatable bonds is 7. The molecule has 0 aromatic heterocycles. The Morgan fingerprint density at radius 2 is 1.96 bits per heavy atom. The van der Waals surface area contributed by atoms with Gasteiger partial charge in [-0.25, -0.2) is 0 Å². The van der Waals surface area contributed by atoms with Crippen molar-refractivity contribution in [3.63, 3.8) is 0 Å². The van der Waals surface area contributed by atoms with E-state index < -0.39 is 6.61 Å². The summed E-state index contributed by atoms with van der Waals surface area (Å²) < 4.78 is 33.8. The van der Waals surface area contributed by atoms with Crippen molar-refractivity contribution in [3.8, 4) is 11.5 Å². The molecule has 0 aliphatic rings. The van der Waals surface area contributed by atoms with Gasteiger partial charge in [-0.15, -0.1) is 0 Å². The molecule has 0 atom stereocenters. The molecule has 0 unspecified atom stereocenters. The van der Waals surface area contributed by atoms with Gasteiger partial charge in [-0.1, -0.05) is 35.0 Å². The average Bonchev–Trinajstić information content (AvgIpc) is 2.53. The van der Waals surface area contributed by atoms with Crippen LogP contribution in [0.15, 0.2) is 47.6 Å². The lowest BCUT2D eigenvalue weighted by atomic mass is 10.2. The van der Waals surface area contributed by atoms with Crippen molar-refractivity contribution in [2.75, 3.05) is 7.11 Å². The van der Waals surface area contributed by atoms with Crippen molar-refractivity contribution in [3.05, 3.63) is 58.6 Å². The van der Waals surface area contributed by atoms with Crippen LogP contribution in [0.3, 0.4) is 0 Å². The van der Waals surface area contributed by atoms with E-state index in [4.69, 9.17) is 21.2 Å². The third-order valence-electron chi connectivity index (χ3n) is 2.86. The molecule has 0 heterocycles. The Hall–Kier alpha value is -2.34. The first-order chi connectivity index (χ1) is 11.1. The Kier molecular flexibility index (Phi) is 6.17. The monoisotopic (exact) mass is 341 g/mol. The highest BCUT2D eigenvalue weighted by atomic mass is 35.5. The minimum absolute atomic E-state index is 0.0448. The molecule has 2 aromatic carbocycles. The lowest BCUT2D eigenvalue weighted by molar-refractivity contribution is -0.0512. The lowest BCUT2D eigenvalue weighted by Gasteiger charge is -2.09. The van der Waals surface area contributed by atoms with E-state index in [0.717, 1.165) is 5.56 Å². The van der Waals surface area contributed by atoms with E-state index >= 15 is 0 Å². The fraction of sp³-hybridized carbons (Fsp3) is 0.188. The Labute approximate surface area is 137 Å². The number of halogens is 3. The zero-order valence-electron chi connectivity index (χ0n) is 12.2. The van der Waals surface area contributed by atoms with Crippen molar-refractivity contribution in [1.82, 2.24) is 0 Å². The van der Waals surface area contributed by atoms with Crippen molar-refractivity contribution < 1.29 is 23.1 Å². The first-order valence-corrected chi connectivity index (χ1v) is 6.99. The molecule has 0 radical (unpaired) electrons. The molecule has 0 saturated carbocycles. The second-order valence-electron chi connectivity index (χ2n) is 4.39. The maximum absolute atomic E-state index is 12.2. The van der Waals surface area contributed by atoms with Gasteiger partial charge in [0.05, 0.1) is 13.3 Å². The summed E-state index contributed by atoms with van der Waals surface area (Å²) in [5.41, 5.74) is 1.42. The van der Waals surface area contributed by atoms with Crippen molar-refractivity contribution in [2.45, 2.75) is 13.2 Å². The van der Waals surface area contributed by atoms with Crippen molar-refractivity contribution >= 4 is 17.8 Å². The van der Waals surface area contributed by atoms with Gasteiger partial charge in [0.15, 0.2) is 11.5 Å². The summed E-state index contributed by atoms with van der Waals surface area (Å²) in [7, 11) is 1.36. The number of alkyl halides is 2. The highest BCUT2D eigenvalue weighted by molar-refractivity contribution is 6.31. The van der Waals surface area contributed by atoms with Gasteiger partial charge in [0.25, 0.3) is 0 Å². The topological polar surface area (TPSA) is 40.0 Å². The number of methoxy groups -OCH3 is 1. The fourth-order valence-corrected chi connectivity index (χ4v) is 1.97. The van der Waals surface area contributed by atoms with Gasteiger partial charge in [-0.2, -0.15) is 8.78 Å². The van der Waals surface area contributed by atoms with E-state index in [-0.39, 0.29) is 18.1 Å². The molecule has 0 bridgehead atoms. The van der Waals surface area contributed by atoms with Gasteiger partial charge >= 0.3 is 6.61 Å². The second kappa shape index (κ2) is 8.33. The zero-order valence-corrected chi connectivity index (χ0v) is 13.0.